The molecule has 3 rings (SSSR count). The van der Waals surface area contributed by atoms with Crippen LogP contribution in [-0.4, -0.2) is 30.3 Å². The third kappa shape index (κ3) is 3.42. The Hall–Kier alpha value is -2.00. The van der Waals surface area contributed by atoms with E-state index in [9.17, 15) is 9.18 Å². The summed E-state index contributed by atoms with van der Waals surface area (Å²) in [6.07, 6.45) is 2.35. The summed E-state index contributed by atoms with van der Waals surface area (Å²) in [7, 11) is 0. The molecule has 1 unspecified atom stereocenters. The molecule has 0 saturated carbocycles. The first-order valence-corrected chi connectivity index (χ1v) is 7.81. The Morgan fingerprint density at radius 3 is 2.45 bits per heavy atom. The summed E-state index contributed by atoms with van der Waals surface area (Å²) in [4.78, 5) is 15.2. The Kier molecular flexibility index (Phi) is 4.64. The van der Waals surface area contributed by atoms with Crippen LogP contribution >= 0.6 is 0 Å². The molecule has 0 aliphatic carbocycles. The van der Waals surface area contributed by atoms with Gasteiger partial charge in [-0.25, -0.2) is 4.39 Å². The van der Waals surface area contributed by atoms with Crippen molar-refractivity contribution in [3.05, 3.63) is 71.5 Å². The van der Waals surface area contributed by atoms with E-state index in [1.54, 1.807) is 6.07 Å². The molecule has 0 radical (unpaired) electrons. The predicted octanol–water partition coefficient (Wildman–Crippen LogP) is 3.89. The molecule has 2 aromatic rings. The zero-order valence-electron chi connectivity index (χ0n) is 12.5. The lowest BCUT2D eigenvalue weighted by atomic mass is 9.90. The fourth-order valence-electron chi connectivity index (χ4n) is 3.09. The van der Waals surface area contributed by atoms with Crippen molar-refractivity contribution in [3.63, 3.8) is 0 Å². The zero-order valence-corrected chi connectivity index (χ0v) is 12.5. The molecule has 1 heterocycles. The first-order chi connectivity index (χ1) is 10.7. The van der Waals surface area contributed by atoms with Gasteiger partial charge in [-0.3, -0.25) is 4.79 Å². The second-order valence-electron chi connectivity index (χ2n) is 5.85. The van der Waals surface area contributed by atoms with Gasteiger partial charge in [0.2, 0.25) is 0 Å². The largest absolute Gasteiger partial charge is 0.302 e. The number of likely N-dealkylation sites (tertiary alicyclic amines) is 1. The van der Waals surface area contributed by atoms with Gasteiger partial charge in [-0.15, -0.1) is 0 Å². The smallest absolute Gasteiger partial charge is 0.171 e. The molecule has 1 atom stereocenters. The molecule has 0 spiro atoms. The van der Waals surface area contributed by atoms with Crippen molar-refractivity contribution in [2.45, 2.75) is 18.8 Å². The third-order valence-electron chi connectivity index (χ3n) is 4.27. The number of hydrogen-bond acceptors (Lipinski definition) is 2. The molecule has 0 N–H and O–H groups in total. The number of carbonyl (C=O) groups excluding carboxylic acids is 1. The van der Waals surface area contributed by atoms with Gasteiger partial charge in [0.15, 0.2) is 5.78 Å². The van der Waals surface area contributed by atoms with E-state index in [0.29, 0.717) is 12.1 Å². The van der Waals surface area contributed by atoms with Gasteiger partial charge in [-0.1, -0.05) is 42.5 Å². The fraction of sp³-hybridized carbons (Fsp3) is 0.316. The topological polar surface area (TPSA) is 20.3 Å². The number of ketones is 1. The van der Waals surface area contributed by atoms with E-state index in [2.05, 4.69) is 4.90 Å². The van der Waals surface area contributed by atoms with Crippen molar-refractivity contribution >= 4 is 5.78 Å². The van der Waals surface area contributed by atoms with Gasteiger partial charge in [0.05, 0.1) is 5.92 Å². The number of halogens is 1. The van der Waals surface area contributed by atoms with E-state index in [4.69, 9.17) is 0 Å². The van der Waals surface area contributed by atoms with E-state index in [0.717, 1.165) is 18.7 Å². The van der Waals surface area contributed by atoms with Crippen molar-refractivity contribution in [1.82, 2.24) is 4.90 Å². The minimum atomic E-state index is -0.309. The van der Waals surface area contributed by atoms with Gasteiger partial charge in [0.25, 0.3) is 0 Å². The van der Waals surface area contributed by atoms with Crippen molar-refractivity contribution < 1.29 is 9.18 Å². The monoisotopic (exact) mass is 297 g/mol. The van der Waals surface area contributed by atoms with Gasteiger partial charge < -0.3 is 4.90 Å². The molecule has 114 valence electrons. The average molecular weight is 297 g/mol. The van der Waals surface area contributed by atoms with Crippen molar-refractivity contribution in [3.8, 4) is 0 Å². The van der Waals surface area contributed by atoms with Gasteiger partial charge in [-0.2, -0.15) is 0 Å². The minimum Gasteiger partial charge on any atom is -0.302 e. The fourth-order valence-corrected chi connectivity index (χ4v) is 3.09. The van der Waals surface area contributed by atoms with E-state index in [-0.39, 0.29) is 17.5 Å². The van der Waals surface area contributed by atoms with Crippen molar-refractivity contribution in [2.75, 3.05) is 19.6 Å². The molecule has 2 nitrogen and oxygen atoms in total. The van der Waals surface area contributed by atoms with Gasteiger partial charge in [-0.05, 0) is 43.6 Å². The molecule has 0 amide bonds. The number of Topliss-reactive ketones (excluding diaryl/α,β-unsaturated/α-hetero) is 1. The Morgan fingerprint density at radius 2 is 1.77 bits per heavy atom. The highest BCUT2D eigenvalue weighted by molar-refractivity contribution is 6.01. The molecule has 2 aromatic carbocycles. The minimum absolute atomic E-state index is 0.0677. The Labute approximate surface area is 130 Å². The number of benzene rings is 2. The second-order valence-corrected chi connectivity index (χ2v) is 5.85. The molecule has 1 aliphatic heterocycles. The maximum atomic E-state index is 13.6. The first-order valence-electron chi connectivity index (χ1n) is 7.81. The van der Waals surface area contributed by atoms with E-state index >= 15 is 0 Å². The molecule has 1 aliphatic rings. The van der Waals surface area contributed by atoms with E-state index < -0.39 is 0 Å². The standard InChI is InChI=1S/C19H20FNO/c20-17-10-6-9-16(13-17)18(14-21-11-4-5-12-21)19(22)15-7-2-1-3-8-15/h1-3,6-10,13,18H,4-5,11-12,14H2. The number of nitrogens with zero attached hydrogens (tertiary/aromatic N) is 1. The van der Waals surface area contributed by atoms with Crippen LogP contribution in [0.2, 0.25) is 0 Å². The molecule has 0 bridgehead atoms. The van der Waals surface area contributed by atoms with Crippen LogP contribution in [0.5, 0.6) is 0 Å². The number of hydrogen-bond donors (Lipinski definition) is 0. The van der Waals surface area contributed by atoms with Crippen molar-refractivity contribution in [2.24, 2.45) is 0 Å². The van der Waals surface area contributed by atoms with Crippen LogP contribution in [-0.2, 0) is 0 Å². The van der Waals surface area contributed by atoms with Crippen LogP contribution < -0.4 is 0 Å². The highest BCUT2D eigenvalue weighted by Gasteiger charge is 2.26. The Bertz CT molecular complexity index is 635. The average Bonchev–Trinajstić information content (AvgIpc) is 3.06. The third-order valence-corrected chi connectivity index (χ3v) is 4.27. The quantitative estimate of drug-likeness (QED) is 0.780. The summed E-state index contributed by atoms with van der Waals surface area (Å²) in [6.45, 7) is 2.71. The lowest BCUT2D eigenvalue weighted by molar-refractivity contribution is 0.0939. The summed E-state index contributed by atoms with van der Waals surface area (Å²) in [5.41, 5.74) is 1.46. The molecule has 0 aromatic heterocycles. The lowest BCUT2D eigenvalue weighted by Gasteiger charge is -2.23. The molecular formula is C19H20FNO. The summed E-state index contributed by atoms with van der Waals surface area (Å²) in [5, 5.41) is 0. The zero-order chi connectivity index (χ0) is 15.4. The molecule has 1 fully saturated rings. The molecule has 1 saturated heterocycles. The van der Waals surface area contributed by atoms with E-state index in [1.807, 2.05) is 36.4 Å². The molecule has 22 heavy (non-hydrogen) atoms. The maximum absolute atomic E-state index is 13.6. The van der Waals surface area contributed by atoms with Crippen LogP contribution in [0.1, 0.15) is 34.7 Å². The lowest BCUT2D eigenvalue weighted by Crippen LogP contribution is -2.30. The van der Waals surface area contributed by atoms with Crippen LogP contribution in [0, 0.1) is 5.82 Å². The van der Waals surface area contributed by atoms with Crippen LogP contribution in [0.15, 0.2) is 54.6 Å². The molecular weight excluding hydrogens is 277 g/mol. The van der Waals surface area contributed by atoms with Crippen LogP contribution in [0.4, 0.5) is 4.39 Å². The summed E-state index contributed by atoms with van der Waals surface area (Å²) in [6, 6.07) is 15.7. The SMILES string of the molecule is O=C(c1ccccc1)C(CN1CCCC1)c1cccc(F)c1. The van der Waals surface area contributed by atoms with Crippen LogP contribution in [0.3, 0.4) is 0 Å². The predicted molar refractivity (Wildman–Crippen MR) is 85.6 cm³/mol. The van der Waals surface area contributed by atoms with Crippen LogP contribution in [0.25, 0.3) is 0 Å². The highest BCUT2D eigenvalue weighted by atomic mass is 19.1. The normalized spacial score (nSPS) is 16.6. The summed E-state index contributed by atoms with van der Waals surface area (Å²) < 4.78 is 13.6. The van der Waals surface area contributed by atoms with E-state index in [1.165, 1.54) is 25.0 Å². The Balaban J connectivity index is 1.89. The summed E-state index contributed by atoms with van der Waals surface area (Å²) in [5.74, 6) is -0.529. The van der Waals surface area contributed by atoms with Crippen molar-refractivity contribution in [1.29, 1.82) is 0 Å². The maximum Gasteiger partial charge on any atom is 0.171 e. The second kappa shape index (κ2) is 6.84. The first kappa shape index (κ1) is 14.9. The van der Waals surface area contributed by atoms with Gasteiger partial charge in [0.1, 0.15) is 5.82 Å². The van der Waals surface area contributed by atoms with Gasteiger partial charge in [0, 0.05) is 12.1 Å². The highest BCUT2D eigenvalue weighted by Crippen LogP contribution is 2.24. The van der Waals surface area contributed by atoms with Gasteiger partial charge >= 0.3 is 0 Å². The molecule has 3 heteroatoms. The summed E-state index contributed by atoms with van der Waals surface area (Å²) >= 11 is 0. The number of carbonyl (C=O) groups is 1. The Morgan fingerprint density at radius 1 is 1.05 bits per heavy atom. The number of rotatable bonds is 5.